The maximum atomic E-state index is 8.91. The summed E-state index contributed by atoms with van der Waals surface area (Å²) in [5, 5.41) is 12.1. The van der Waals surface area contributed by atoms with Crippen molar-refractivity contribution in [2.24, 2.45) is 0 Å². The maximum absolute atomic E-state index is 8.91. The van der Waals surface area contributed by atoms with Gasteiger partial charge in [0.25, 0.3) is 0 Å². The molecule has 0 bridgehead atoms. The molecule has 0 radical (unpaired) electrons. The van der Waals surface area contributed by atoms with Gasteiger partial charge in [-0.1, -0.05) is 0 Å². The van der Waals surface area contributed by atoms with E-state index >= 15 is 0 Å². The van der Waals surface area contributed by atoms with Crippen LogP contribution >= 0.6 is 0 Å². The first-order valence-electron chi connectivity index (χ1n) is 3.78. The van der Waals surface area contributed by atoms with Crippen molar-refractivity contribution in [3.05, 3.63) is 0 Å². The lowest BCUT2D eigenvalue weighted by Gasteiger charge is -2.11. The van der Waals surface area contributed by atoms with Crippen LogP contribution < -0.4 is 5.32 Å². The zero-order chi connectivity index (χ0) is 7.40. The topological polar surface area (TPSA) is 41.5 Å². The van der Waals surface area contributed by atoms with Crippen molar-refractivity contribution in [1.82, 2.24) is 5.32 Å². The van der Waals surface area contributed by atoms with Crippen LogP contribution in [-0.2, 0) is 4.74 Å². The fourth-order valence-corrected chi connectivity index (χ4v) is 1.03. The van der Waals surface area contributed by atoms with Crippen molar-refractivity contribution in [3.63, 3.8) is 0 Å². The van der Waals surface area contributed by atoms with Crippen LogP contribution in [0.15, 0.2) is 0 Å². The molecular formula is C7H15NO2. The molecule has 2 N–H and O–H groups in total. The van der Waals surface area contributed by atoms with Gasteiger partial charge in [-0.25, -0.2) is 0 Å². The first-order valence-corrected chi connectivity index (χ1v) is 3.78. The summed E-state index contributed by atoms with van der Waals surface area (Å²) in [6.07, 6.45) is 0.827. The fourth-order valence-electron chi connectivity index (χ4n) is 1.03. The molecule has 1 aliphatic heterocycles. The monoisotopic (exact) mass is 145 g/mol. The average Bonchev–Trinajstić information content (AvgIpc) is 2.34. The number of hydrogen-bond donors (Lipinski definition) is 2. The molecule has 0 aliphatic carbocycles. The molecule has 60 valence electrons. The molecule has 1 rings (SSSR count). The Labute approximate surface area is 61.4 Å². The molecule has 0 aromatic rings. The Morgan fingerprint density at radius 3 is 3.10 bits per heavy atom. The van der Waals surface area contributed by atoms with Gasteiger partial charge in [0, 0.05) is 19.2 Å². The molecule has 0 aromatic heterocycles. The highest BCUT2D eigenvalue weighted by Crippen LogP contribution is 2.02. The molecule has 2 unspecified atom stereocenters. The van der Waals surface area contributed by atoms with Gasteiger partial charge in [0.1, 0.15) is 0 Å². The zero-order valence-corrected chi connectivity index (χ0v) is 6.34. The molecule has 1 aliphatic rings. The molecule has 0 aromatic carbocycles. The van der Waals surface area contributed by atoms with Gasteiger partial charge in [-0.3, -0.25) is 0 Å². The minimum absolute atomic E-state index is 0.249. The molecule has 0 amide bonds. The summed E-state index contributed by atoms with van der Waals surface area (Å²) in [6.45, 7) is 4.11. The number of rotatable bonds is 3. The van der Waals surface area contributed by atoms with Crippen molar-refractivity contribution in [2.75, 3.05) is 19.8 Å². The average molecular weight is 145 g/mol. The Kier molecular flexibility index (Phi) is 3.12. The van der Waals surface area contributed by atoms with Gasteiger partial charge in [-0.15, -0.1) is 0 Å². The second kappa shape index (κ2) is 3.91. The smallest absolute Gasteiger partial charge is 0.0636 e. The lowest BCUT2D eigenvalue weighted by Crippen LogP contribution is -2.34. The van der Waals surface area contributed by atoms with Gasteiger partial charge in [0.05, 0.1) is 12.7 Å². The standard InChI is InChI=1S/C7H15NO2/c1-6(9)4-8-7-2-3-10-5-7/h6-9H,2-5H2,1H3. The second-order valence-electron chi connectivity index (χ2n) is 2.82. The quantitative estimate of drug-likeness (QED) is 0.575. The summed E-state index contributed by atoms with van der Waals surface area (Å²) >= 11 is 0. The molecule has 3 nitrogen and oxygen atoms in total. The zero-order valence-electron chi connectivity index (χ0n) is 6.34. The third-order valence-electron chi connectivity index (χ3n) is 1.63. The van der Waals surface area contributed by atoms with Crippen molar-refractivity contribution in [2.45, 2.75) is 25.5 Å². The van der Waals surface area contributed by atoms with Crippen molar-refractivity contribution >= 4 is 0 Å². The molecule has 1 heterocycles. The Morgan fingerprint density at radius 1 is 1.80 bits per heavy atom. The normalized spacial score (nSPS) is 28.8. The highest BCUT2D eigenvalue weighted by Gasteiger charge is 2.14. The fraction of sp³-hybridized carbons (Fsp3) is 1.00. The Morgan fingerprint density at radius 2 is 2.60 bits per heavy atom. The predicted octanol–water partition coefficient (Wildman–Crippen LogP) is -0.254. The van der Waals surface area contributed by atoms with E-state index in [2.05, 4.69) is 5.32 Å². The van der Waals surface area contributed by atoms with Crippen LogP contribution in [0.5, 0.6) is 0 Å². The van der Waals surface area contributed by atoms with Gasteiger partial charge in [0.2, 0.25) is 0 Å². The van der Waals surface area contributed by atoms with Crippen molar-refractivity contribution in [1.29, 1.82) is 0 Å². The highest BCUT2D eigenvalue weighted by molar-refractivity contribution is 4.71. The van der Waals surface area contributed by atoms with E-state index in [0.717, 1.165) is 19.6 Å². The van der Waals surface area contributed by atoms with Crippen LogP contribution in [0.2, 0.25) is 0 Å². The van der Waals surface area contributed by atoms with Crippen LogP contribution in [0.1, 0.15) is 13.3 Å². The van der Waals surface area contributed by atoms with E-state index in [-0.39, 0.29) is 6.10 Å². The van der Waals surface area contributed by atoms with E-state index in [4.69, 9.17) is 9.84 Å². The van der Waals surface area contributed by atoms with Crippen LogP contribution in [0, 0.1) is 0 Å². The van der Waals surface area contributed by atoms with Crippen LogP contribution in [0.4, 0.5) is 0 Å². The van der Waals surface area contributed by atoms with E-state index in [0.29, 0.717) is 12.6 Å². The maximum Gasteiger partial charge on any atom is 0.0636 e. The number of aliphatic hydroxyl groups excluding tert-OH is 1. The predicted molar refractivity (Wildman–Crippen MR) is 38.9 cm³/mol. The van der Waals surface area contributed by atoms with Gasteiger partial charge >= 0.3 is 0 Å². The first kappa shape index (κ1) is 7.98. The molecule has 0 spiro atoms. The van der Waals surface area contributed by atoms with E-state index in [1.54, 1.807) is 6.92 Å². The van der Waals surface area contributed by atoms with Crippen molar-refractivity contribution in [3.8, 4) is 0 Å². The van der Waals surface area contributed by atoms with Gasteiger partial charge in [-0.2, -0.15) is 0 Å². The van der Waals surface area contributed by atoms with Crippen LogP contribution in [-0.4, -0.2) is 37.0 Å². The highest BCUT2D eigenvalue weighted by atomic mass is 16.5. The summed E-state index contributed by atoms with van der Waals surface area (Å²) in [4.78, 5) is 0. The number of nitrogens with one attached hydrogen (secondary N) is 1. The molecule has 3 heteroatoms. The summed E-state index contributed by atoms with van der Waals surface area (Å²) in [7, 11) is 0. The summed E-state index contributed by atoms with van der Waals surface area (Å²) in [5.41, 5.74) is 0. The lowest BCUT2D eigenvalue weighted by molar-refractivity contribution is 0.171. The Bertz CT molecular complexity index is 89.6. The van der Waals surface area contributed by atoms with Gasteiger partial charge < -0.3 is 15.2 Å². The molecule has 2 atom stereocenters. The number of hydrogen-bond acceptors (Lipinski definition) is 3. The molecule has 10 heavy (non-hydrogen) atoms. The van der Waals surface area contributed by atoms with Crippen LogP contribution in [0.3, 0.4) is 0 Å². The van der Waals surface area contributed by atoms with E-state index < -0.39 is 0 Å². The minimum Gasteiger partial charge on any atom is -0.392 e. The number of ether oxygens (including phenoxy) is 1. The third kappa shape index (κ3) is 2.64. The largest absolute Gasteiger partial charge is 0.392 e. The molecule has 0 saturated carbocycles. The molecule has 1 saturated heterocycles. The van der Waals surface area contributed by atoms with E-state index in [1.807, 2.05) is 0 Å². The first-order chi connectivity index (χ1) is 4.79. The number of aliphatic hydroxyl groups is 1. The van der Waals surface area contributed by atoms with Gasteiger partial charge in [0.15, 0.2) is 0 Å². The summed E-state index contributed by atoms with van der Waals surface area (Å²) in [6, 6.07) is 0.467. The Hall–Kier alpha value is -0.120. The SMILES string of the molecule is CC(O)CNC1CCOC1. The minimum atomic E-state index is -0.249. The summed E-state index contributed by atoms with van der Waals surface area (Å²) < 4.78 is 5.15. The summed E-state index contributed by atoms with van der Waals surface area (Å²) in [5.74, 6) is 0. The second-order valence-corrected chi connectivity index (χ2v) is 2.82. The third-order valence-corrected chi connectivity index (χ3v) is 1.63. The lowest BCUT2D eigenvalue weighted by atomic mass is 10.2. The Balaban J connectivity index is 2.01. The van der Waals surface area contributed by atoms with Crippen molar-refractivity contribution < 1.29 is 9.84 Å². The van der Waals surface area contributed by atoms with Crippen LogP contribution in [0.25, 0.3) is 0 Å². The van der Waals surface area contributed by atoms with Gasteiger partial charge in [-0.05, 0) is 13.3 Å². The molecule has 1 fully saturated rings. The van der Waals surface area contributed by atoms with E-state index in [9.17, 15) is 0 Å². The molecular weight excluding hydrogens is 130 g/mol. The van der Waals surface area contributed by atoms with E-state index in [1.165, 1.54) is 0 Å².